The summed E-state index contributed by atoms with van der Waals surface area (Å²) >= 11 is 0. The maximum absolute atomic E-state index is 5.85. The van der Waals surface area contributed by atoms with Gasteiger partial charge in [-0.05, 0) is 12.8 Å². The van der Waals surface area contributed by atoms with E-state index in [1.165, 1.54) is 135 Å². The summed E-state index contributed by atoms with van der Waals surface area (Å²) in [5.41, 5.74) is 0. The van der Waals surface area contributed by atoms with Crippen LogP contribution in [-0.4, -0.2) is 12.2 Å². The third kappa shape index (κ3) is 15.1. The summed E-state index contributed by atoms with van der Waals surface area (Å²) in [7, 11) is 0. The van der Waals surface area contributed by atoms with Crippen LogP contribution < -0.4 is 0 Å². The van der Waals surface area contributed by atoms with Crippen molar-refractivity contribution < 1.29 is 4.74 Å². The first-order valence-corrected chi connectivity index (χ1v) is 12.5. The molecule has 0 bridgehead atoms. The van der Waals surface area contributed by atoms with Gasteiger partial charge in [-0.25, -0.2) is 0 Å². The first kappa shape index (κ1) is 24.0. The highest BCUT2D eigenvalue weighted by molar-refractivity contribution is 4.84. The fourth-order valence-electron chi connectivity index (χ4n) is 4.18. The zero-order chi connectivity index (χ0) is 18.7. The van der Waals surface area contributed by atoms with E-state index in [1.54, 1.807) is 0 Å². The second kappa shape index (κ2) is 18.3. The van der Waals surface area contributed by atoms with Crippen LogP contribution in [0.1, 0.15) is 149 Å². The lowest BCUT2D eigenvalue weighted by Crippen LogP contribution is -1.94. The molecule has 156 valence electrons. The van der Waals surface area contributed by atoms with Crippen LogP contribution in [-0.2, 0) is 4.74 Å². The van der Waals surface area contributed by atoms with Crippen molar-refractivity contribution in [3.63, 3.8) is 0 Å². The Balaban J connectivity index is 1.69. The monoisotopic (exact) mass is 366 g/mol. The largest absolute Gasteiger partial charge is 0.370 e. The summed E-state index contributed by atoms with van der Waals surface area (Å²) in [6, 6.07) is 0. The first-order valence-electron chi connectivity index (χ1n) is 12.5. The van der Waals surface area contributed by atoms with Gasteiger partial charge in [-0.2, -0.15) is 0 Å². The molecular formula is C25H50O. The quantitative estimate of drug-likeness (QED) is 0.146. The van der Waals surface area contributed by atoms with Crippen molar-refractivity contribution in [1.82, 2.24) is 0 Å². The van der Waals surface area contributed by atoms with Gasteiger partial charge in [0.25, 0.3) is 0 Å². The fourth-order valence-corrected chi connectivity index (χ4v) is 4.18. The van der Waals surface area contributed by atoms with Gasteiger partial charge in [-0.3, -0.25) is 0 Å². The zero-order valence-corrected chi connectivity index (χ0v) is 18.4. The molecule has 2 atom stereocenters. The van der Waals surface area contributed by atoms with Gasteiger partial charge in [-0.1, -0.05) is 136 Å². The molecule has 1 aliphatic rings. The minimum absolute atomic E-state index is 0.637. The molecule has 1 nitrogen and oxygen atoms in total. The van der Waals surface area contributed by atoms with Crippen LogP contribution in [0.5, 0.6) is 0 Å². The number of ether oxygens (including phenoxy) is 1. The summed E-state index contributed by atoms with van der Waals surface area (Å²) < 4.78 is 5.85. The van der Waals surface area contributed by atoms with Crippen LogP contribution in [0.2, 0.25) is 0 Å². The zero-order valence-electron chi connectivity index (χ0n) is 18.4. The summed E-state index contributed by atoms with van der Waals surface area (Å²) in [6.07, 6.45) is 31.2. The SMILES string of the molecule is CCCCCCCCCCCCCCCC1OC1CCCCCCCC. The number of hydrogen-bond donors (Lipinski definition) is 0. The van der Waals surface area contributed by atoms with Gasteiger partial charge < -0.3 is 4.74 Å². The number of rotatable bonds is 21. The van der Waals surface area contributed by atoms with E-state index in [2.05, 4.69) is 13.8 Å². The van der Waals surface area contributed by atoms with Gasteiger partial charge in [0.15, 0.2) is 0 Å². The molecule has 1 saturated heterocycles. The first-order chi connectivity index (χ1) is 12.9. The molecule has 0 aliphatic carbocycles. The molecule has 2 unspecified atom stereocenters. The second-order valence-corrected chi connectivity index (χ2v) is 8.80. The van der Waals surface area contributed by atoms with E-state index in [-0.39, 0.29) is 0 Å². The summed E-state index contributed by atoms with van der Waals surface area (Å²) in [6.45, 7) is 4.59. The number of epoxide rings is 1. The predicted octanol–water partition coefficient (Wildman–Crippen LogP) is 8.99. The highest BCUT2D eigenvalue weighted by Crippen LogP contribution is 2.31. The van der Waals surface area contributed by atoms with Gasteiger partial charge in [-0.15, -0.1) is 0 Å². The van der Waals surface area contributed by atoms with Crippen LogP contribution >= 0.6 is 0 Å². The van der Waals surface area contributed by atoms with Crippen molar-refractivity contribution in [2.75, 3.05) is 0 Å². The average molecular weight is 367 g/mol. The molecule has 0 N–H and O–H groups in total. The lowest BCUT2D eigenvalue weighted by Gasteiger charge is -2.03. The Hall–Kier alpha value is -0.0400. The summed E-state index contributed by atoms with van der Waals surface area (Å²) in [5, 5.41) is 0. The number of unbranched alkanes of at least 4 members (excludes halogenated alkanes) is 17. The Labute approximate surface area is 166 Å². The van der Waals surface area contributed by atoms with Crippen LogP contribution in [0.15, 0.2) is 0 Å². The third-order valence-electron chi connectivity index (χ3n) is 6.12. The van der Waals surface area contributed by atoms with E-state index < -0.39 is 0 Å². The van der Waals surface area contributed by atoms with Gasteiger partial charge >= 0.3 is 0 Å². The molecule has 0 amide bonds. The lowest BCUT2D eigenvalue weighted by molar-refractivity contribution is 0.347. The van der Waals surface area contributed by atoms with Crippen molar-refractivity contribution in [1.29, 1.82) is 0 Å². The van der Waals surface area contributed by atoms with Crippen LogP contribution in [0.4, 0.5) is 0 Å². The summed E-state index contributed by atoms with van der Waals surface area (Å²) in [5.74, 6) is 0. The normalized spacial score (nSPS) is 19.2. The molecule has 0 aromatic carbocycles. The van der Waals surface area contributed by atoms with Crippen molar-refractivity contribution in [2.45, 2.75) is 161 Å². The Morgan fingerprint density at radius 1 is 0.385 bits per heavy atom. The van der Waals surface area contributed by atoms with Gasteiger partial charge in [0.05, 0.1) is 12.2 Å². The van der Waals surface area contributed by atoms with Crippen molar-refractivity contribution in [2.24, 2.45) is 0 Å². The predicted molar refractivity (Wildman–Crippen MR) is 117 cm³/mol. The lowest BCUT2D eigenvalue weighted by atomic mass is 10.0. The molecule has 0 saturated carbocycles. The average Bonchev–Trinajstić information content (AvgIpc) is 3.40. The fraction of sp³-hybridized carbons (Fsp3) is 1.00. The molecule has 26 heavy (non-hydrogen) atoms. The van der Waals surface area contributed by atoms with E-state index in [1.807, 2.05) is 0 Å². The van der Waals surface area contributed by atoms with E-state index in [0.29, 0.717) is 12.2 Å². The Kier molecular flexibility index (Phi) is 16.9. The molecule has 1 heteroatoms. The molecule has 1 rings (SSSR count). The molecule has 1 heterocycles. The molecule has 0 aromatic rings. The van der Waals surface area contributed by atoms with Gasteiger partial charge in [0.2, 0.25) is 0 Å². The topological polar surface area (TPSA) is 12.5 Å². The van der Waals surface area contributed by atoms with Crippen LogP contribution in [0, 0.1) is 0 Å². The molecule has 0 spiro atoms. The third-order valence-corrected chi connectivity index (χ3v) is 6.12. The standard InChI is InChI=1S/C25H50O/c1-3-5-7-9-11-12-13-14-15-16-17-19-21-23-25-24(26-25)22-20-18-10-8-6-4-2/h24-25H,3-23H2,1-2H3. The van der Waals surface area contributed by atoms with E-state index in [9.17, 15) is 0 Å². The molecular weight excluding hydrogens is 316 g/mol. The van der Waals surface area contributed by atoms with Crippen molar-refractivity contribution in [3.05, 3.63) is 0 Å². The minimum atomic E-state index is 0.637. The van der Waals surface area contributed by atoms with E-state index >= 15 is 0 Å². The van der Waals surface area contributed by atoms with Crippen LogP contribution in [0.25, 0.3) is 0 Å². The second-order valence-electron chi connectivity index (χ2n) is 8.80. The highest BCUT2D eigenvalue weighted by atomic mass is 16.6. The Morgan fingerprint density at radius 3 is 0.962 bits per heavy atom. The summed E-state index contributed by atoms with van der Waals surface area (Å²) in [4.78, 5) is 0. The van der Waals surface area contributed by atoms with E-state index in [0.717, 1.165) is 0 Å². The minimum Gasteiger partial charge on any atom is -0.370 e. The van der Waals surface area contributed by atoms with Gasteiger partial charge in [0.1, 0.15) is 0 Å². The van der Waals surface area contributed by atoms with Crippen LogP contribution in [0.3, 0.4) is 0 Å². The molecule has 0 radical (unpaired) electrons. The van der Waals surface area contributed by atoms with Crippen molar-refractivity contribution in [3.8, 4) is 0 Å². The smallest absolute Gasteiger partial charge is 0.0841 e. The molecule has 0 aromatic heterocycles. The van der Waals surface area contributed by atoms with Gasteiger partial charge in [0, 0.05) is 0 Å². The Bertz CT molecular complexity index is 275. The highest BCUT2D eigenvalue weighted by Gasteiger charge is 2.36. The van der Waals surface area contributed by atoms with Crippen molar-refractivity contribution >= 4 is 0 Å². The maximum Gasteiger partial charge on any atom is 0.0841 e. The molecule has 1 fully saturated rings. The van der Waals surface area contributed by atoms with E-state index in [4.69, 9.17) is 4.74 Å². The number of hydrogen-bond acceptors (Lipinski definition) is 1. The molecule has 1 aliphatic heterocycles. The maximum atomic E-state index is 5.85. The Morgan fingerprint density at radius 2 is 0.654 bits per heavy atom.